The first kappa shape index (κ1) is 8.23. The van der Waals surface area contributed by atoms with E-state index in [0.29, 0.717) is 11.4 Å². The van der Waals surface area contributed by atoms with E-state index in [0.717, 1.165) is 5.56 Å². The highest BCUT2D eigenvalue weighted by Gasteiger charge is 1.97. The first-order valence-corrected chi connectivity index (χ1v) is 3.27. The highest BCUT2D eigenvalue weighted by molar-refractivity contribution is 5.54. The van der Waals surface area contributed by atoms with E-state index in [-0.39, 0.29) is 0 Å². The van der Waals surface area contributed by atoms with Gasteiger partial charge in [-0.1, -0.05) is 17.2 Å². The van der Waals surface area contributed by atoms with E-state index in [1.165, 1.54) is 6.07 Å². The van der Waals surface area contributed by atoms with E-state index in [4.69, 9.17) is 5.53 Å². The van der Waals surface area contributed by atoms with Crippen molar-refractivity contribution in [1.29, 1.82) is 0 Å². The van der Waals surface area contributed by atoms with Crippen LogP contribution in [-0.2, 0) is 0 Å². The van der Waals surface area contributed by atoms with E-state index in [9.17, 15) is 4.91 Å². The molecule has 0 heterocycles. The summed E-state index contributed by atoms with van der Waals surface area (Å²) in [4.78, 5) is 12.8. The van der Waals surface area contributed by atoms with Crippen molar-refractivity contribution in [3.8, 4) is 0 Å². The van der Waals surface area contributed by atoms with Crippen molar-refractivity contribution in [3.05, 3.63) is 39.1 Å². The largest absolute Gasteiger partial charge is 0.145 e. The third kappa shape index (κ3) is 1.59. The van der Waals surface area contributed by atoms with Crippen LogP contribution < -0.4 is 0 Å². The zero-order valence-electron chi connectivity index (χ0n) is 6.43. The summed E-state index contributed by atoms with van der Waals surface area (Å²) in [6, 6.07) is 4.76. The first-order chi connectivity index (χ1) is 5.77. The lowest BCUT2D eigenvalue weighted by Crippen LogP contribution is -1.71. The Balaban J connectivity index is 3.21. The van der Waals surface area contributed by atoms with Crippen LogP contribution >= 0.6 is 0 Å². The molecule has 0 saturated carbocycles. The SMILES string of the molecule is Cc1ccc(N=[N+]=[N-])cc1N=O. The molecular formula is C7H6N4O. The second-order valence-electron chi connectivity index (χ2n) is 2.25. The van der Waals surface area contributed by atoms with Crippen molar-refractivity contribution in [1.82, 2.24) is 0 Å². The highest BCUT2D eigenvalue weighted by Crippen LogP contribution is 2.24. The number of hydrogen-bond acceptors (Lipinski definition) is 3. The highest BCUT2D eigenvalue weighted by atomic mass is 16.3. The van der Waals surface area contributed by atoms with Gasteiger partial charge < -0.3 is 0 Å². The fourth-order valence-electron chi connectivity index (χ4n) is 0.810. The minimum Gasteiger partial charge on any atom is -0.145 e. The van der Waals surface area contributed by atoms with Crippen LogP contribution in [0.25, 0.3) is 10.4 Å². The van der Waals surface area contributed by atoms with Crippen LogP contribution in [0.4, 0.5) is 11.4 Å². The van der Waals surface area contributed by atoms with E-state index in [2.05, 4.69) is 15.2 Å². The Hall–Kier alpha value is -1.87. The third-order valence-corrected chi connectivity index (χ3v) is 1.45. The van der Waals surface area contributed by atoms with Gasteiger partial charge in [-0.3, -0.25) is 0 Å². The molecular weight excluding hydrogens is 156 g/mol. The van der Waals surface area contributed by atoms with E-state index in [1.54, 1.807) is 19.1 Å². The van der Waals surface area contributed by atoms with Gasteiger partial charge in [0.2, 0.25) is 0 Å². The Morgan fingerprint density at radius 3 is 2.83 bits per heavy atom. The smallest absolute Gasteiger partial charge is 0.111 e. The van der Waals surface area contributed by atoms with Crippen LogP contribution in [0.3, 0.4) is 0 Å². The quantitative estimate of drug-likeness (QED) is 0.284. The van der Waals surface area contributed by atoms with Crippen LogP contribution in [-0.4, -0.2) is 0 Å². The molecule has 0 radical (unpaired) electrons. The van der Waals surface area contributed by atoms with Crippen molar-refractivity contribution < 1.29 is 0 Å². The summed E-state index contributed by atoms with van der Waals surface area (Å²) >= 11 is 0. The molecule has 12 heavy (non-hydrogen) atoms. The summed E-state index contributed by atoms with van der Waals surface area (Å²) in [5.41, 5.74) is 9.57. The molecule has 1 aromatic rings. The topological polar surface area (TPSA) is 78.2 Å². The molecule has 0 amide bonds. The zero-order valence-corrected chi connectivity index (χ0v) is 6.43. The van der Waals surface area contributed by atoms with Gasteiger partial charge >= 0.3 is 0 Å². The lowest BCUT2D eigenvalue weighted by Gasteiger charge is -1.96. The Morgan fingerprint density at radius 2 is 2.25 bits per heavy atom. The van der Waals surface area contributed by atoms with Crippen molar-refractivity contribution in [3.63, 3.8) is 0 Å². The summed E-state index contributed by atoms with van der Waals surface area (Å²) in [7, 11) is 0. The standard InChI is InChI=1S/C7H6N4O/c1-5-2-3-6(9-11-8)4-7(5)10-12/h2-4H,1H3. The van der Waals surface area contributed by atoms with Crippen molar-refractivity contribution >= 4 is 11.4 Å². The van der Waals surface area contributed by atoms with E-state index in [1.807, 2.05) is 0 Å². The van der Waals surface area contributed by atoms with Gasteiger partial charge in [0.1, 0.15) is 5.69 Å². The monoisotopic (exact) mass is 162 g/mol. The zero-order chi connectivity index (χ0) is 8.97. The van der Waals surface area contributed by atoms with Crippen LogP contribution in [0, 0.1) is 11.8 Å². The Labute approximate surface area is 68.6 Å². The number of rotatable bonds is 2. The normalized spacial score (nSPS) is 8.75. The summed E-state index contributed by atoms with van der Waals surface area (Å²) in [5.74, 6) is 0. The summed E-state index contributed by atoms with van der Waals surface area (Å²) in [6.45, 7) is 1.76. The van der Waals surface area contributed by atoms with Crippen LogP contribution in [0.15, 0.2) is 28.5 Å². The molecule has 0 aromatic heterocycles. The molecule has 60 valence electrons. The number of nitroso groups, excluding NO2 is 1. The fraction of sp³-hybridized carbons (Fsp3) is 0.143. The molecule has 5 heteroatoms. The molecule has 0 bridgehead atoms. The molecule has 0 aliphatic heterocycles. The maximum absolute atomic E-state index is 10.2. The predicted molar refractivity (Wildman–Crippen MR) is 45.4 cm³/mol. The van der Waals surface area contributed by atoms with Gasteiger partial charge in [-0.25, -0.2) is 0 Å². The minimum atomic E-state index is 0.305. The van der Waals surface area contributed by atoms with Gasteiger partial charge in [-0.05, 0) is 29.3 Å². The second kappa shape index (κ2) is 3.50. The van der Waals surface area contributed by atoms with Gasteiger partial charge in [0.05, 0.1) is 0 Å². The molecule has 0 saturated heterocycles. The van der Waals surface area contributed by atoms with Gasteiger partial charge in [0.15, 0.2) is 0 Å². The number of nitrogens with zero attached hydrogens (tertiary/aromatic N) is 4. The summed E-state index contributed by atoms with van der Waals surface area (Å²) < 4.78 is 0. The van der Waals surface area contributed by atoms with Crippen LogP contribution in [0.2, 0.25) is 0 Å². The Morgan fingerprint density at radius 1 is 1.50 bits per heavy atom. The number of aryl methyl sites for hydroxylation is 1. The third-order valence-electron chi connectivity index (χ3n) is 1.45. The fourth-order valence-corrected chi connectivity index (χ4v) is 0.810. The molecule has 0 N–H and O–H groups in total. The lowest BCUT2D eigenvalue weighted by atomic mass is 10.2. The Bertz CT molecular complexity index is 354. The average Bonchev–Trinajstić information content (AvgIpc) is 2.09. The van der Waals surface area contributed by atoms with Crippen LogP contribution in [0.1, 0.15) is 5.56 Å². The predicted octanol–water partition coefficient (Wildman–Crippen LogP) is 3.33. The number of benzene rings is 1. The molecule has 1 rings (SSSR count). The number of azide groups is 1. The molecule has 5 nitrogen and oxygen atoms in total. The molecule has 1 aromatic carbocycles. The van der Waals surface area contributed by atoms with Crippen molar-refractivity contribution in [2.24, 2.45) is 10.3 Å². The average molecular weight is 162 g/mol. The second-order valence-corrected chi connectivity index (χ2v) is 2.25. The molecule has 0 unspecified atom stereocenters. The maximum Gasteiger partial charge on any atom is 0.111 e. The van der Waals surface area contributed by atoms with Crippen molar-refractivity contribution in [2.45, 2.75) is 6.92 Å². The van der Waals surface area contributed by atoms with Gasteiger partial charge in [-0.2, -0.15) is 0 Å². The molecule has 0 aliphatic carbocycles. The lowest BCUT2D eigenvalue weighted by molar-refractivity contribution is 1.36. The maximum atomic E-state index is 10.2. The van der Waals surface area contributed by atoms with Crippen molar-refractivity contribution in [2.75, 3.05) is 0 Å². The van der Waals surface area contributed by atoms with Gasteiger partial charge in [-0.15, -0.1) is 4.91 Å². The van der Waals surface area contributed by atoms with Gasteiger partial charge in [0.25, 0.3) is 0 Å². The molecule has 0 aliphatic rings. The minimum absolute atomic E-state index is 0.305. The molecule has 0 atom stereocenters. The molecule has 0 fully saturated rings. The Kier molecular flexibility index (Phi) is 2.40. The first-order valence-electron chi connectivity index (χ1n) is 3.27. The number of hydrogen-bond donors (Lipinski definition) is 0. The van der Waals surface area contributed by atoms with E-state index >= 15 is 0 Å². The summed E-state index contributed by atoms with van der Waals surface area (Å²) in [5, 5.41) is 6.12. The van der Waals surface area contributed by atoms with Crippen LogP contribution in [0.5, 0.6) is 0 Å². The molecule has 0 spiro atoms. The van der Waals surface area contributed by atoms with Gasteiger partial charge in [0, 0.05) is 10.6 Å². The van der Waals surface area contributed by atoms with E-state index < -0.39 is 0 Å². The summed E-state index contributed by atoms with van der Waals surface area (Å²) in [6.07, 6.45) is 0.